The molecular weight excluding hydrogens is 406 g/mol. The zero-order valence-electron chi connectivity index (χ0n) is 18.3. The van der Waals surface area contributed by atoms with Crippen molar-refractivity contribution in [1.82, 2.24) is 19.6 Å². The van der Waals surface area contributed by atoms with Gasteiger partial charge in [-0.3, -0.25) is 19.2 Å². The zero-order chi connectivity index (χ0) is 22.5. The Balaban J connectivity index is 1.32. The second kappa shape index (κ2) is 9.65. The van der Waals surface area contributed by atoms with E-state index in [0.717, 1.165) is 19.6 Å². The summed E-state index contributed by atoms with van der Waals surface area (Å²) in [6, 6.07) is 17.3. The summed E-state index contributed by atoms with van der Waals surface area (Å²) in [6.45, 7) is 4.00. The fourth-order valence-corrected chi connectivity index (χ4v) is 3.80. The number of aromatic nitrogens is 2. The first-order chi connectivity index (χ1) is 15.5. The minimum absolute atomic E-state index is 0.0103. The second-order valence-corrected chi connectivity index (χ2v) is 7.81. The van der Waals surface area contributed by atoms with Gasteiger partial charge in [0.05, 0.1) is 7.11 Å². The number of aryl methyl sites for hydroxylation is 1. The van der Waals surface area contributed by atoms with E-state index in [1.54, 1.807) is 37.5 Å². The van der Waals surface area contributed by atoms with Gasteiger partial charge in [-0.25, -0.2) is 0 Å². The molecule has 8 heteroatoms. The summed E-state index contributed by atoms with van der Waals surface area (Å²) in [4.78, 5) is 29.7. The molecule has 3 aromatic rings. The molecule has 1 N–H and O–H groups in total. The minimum atomic E-state index is -0.316. The van der Waals surface area contributed by atoms with Crippen molar-refractivity contribution in [2.45, 2.75) is 6.54 Å². The molecule has 0 unspecified atom stereocenters. The third-order valence-electron chi connectivity index (χ3n) is 5.53. The Morgan fingerprint density at radius 3 is 2.34 bits per heavy atom. The average molecular weight is 434 g/mol. The Bertz CT molecular complexity index is 1070. The number of rotatable bonds is 6. The minimum Gasteiger partial charge on any atom is -0.479 e. The summed E-state index contributed by atoms with van der Waals surface area (Å²) in [5.41, 5.74) is 2.85. The van der Waals surface area contributed by atoms with Crippen LogP contribution in [0.15, 0.2) is 60.8 Å². The maximum Gasteiger partial charge on any atom is 0.262 e. The predicted molar refractivity (Wildman–Crippen MR) is 122 cm³/mol. The van der Waals surface area contributed by atoms with Crippen LogP contribution >= 0.6 is 0 Å². The number of hydrogen-bond acceptors (Lipinski definition) is 5. The van der Waals surface area contributed by atoms with E-state index in [9.17, 15) is 9.59 Å². The van der Waals surface area contributed by atoms with Crippen LogP contribution in [0.3, 0.4) is 0 Å². The molecule has 8 nitrogen and oxygen atoms in total. The van der Waals surface area contributed by atoms with E-state index in [1.807, 2.05) is 11.0 Å². The second-order valence-electron chi connectivity index (χ2n) is 7.81. The molecular formula is C24H27N5O3. The van der Waals surface area contributed by atoms with Crippen molar-refractivity contribution in [2.75, 3.05) is 38.6 Å². The van der Waals surface area contributed by atoms with Gasteiger partial charge in [-0.2, -0.15) is 0 Å². The van der Waals surface area contributed by atoms with Gasteiger partial charge in [0.15, 0.2) is 0 Å². The molecule has 0 saturated carbocycles. The number of methoxy groups -OCH3 is 1. The van der Waals surface area contributed by atoms with Gasteiger partial charge in [0.1, 0.15) is 5.56 Å². The normalized spacial score (nSPS) is 14.2. The summed E-state index contributed by atoms with van der Waals surface area (Å²) in [6.07, 6.45) is 1.60. The summed E-state index contributed by atoms with van der Waals surface area (Å²) in [7, 11) is 3.20. The molecule has 0 aliphatic carbocycles. The van der Waals surface area contributed by atoms with Gasteiger partial charge in [0.25, 0.3) is 11.8 Å². The summed E-state index contributed by atoms with van der Waals surface area (Å²) in [5.74, 6) is -0.0389. The maximum absolute atomic E-state index is 12.9. The Hall–Kier alpha value is -3.65. The lowest BCUT2D eigenvalue weighted by molar-refractivity contribution is 0.0628. The van der Waals surface area contributed by atoms with Crippen molar-refractivity contribution >= 4 is 17.5 Å². The SMILES string of the molecule is COc1nn(C)cc1C(=O)Nc1ccc(C(=O)N2CCN(Cc3ccccc3)CC2)cc1. The molecule has 166 valence electrons. The highest BCUT2D eigenvalue weighted by Crippen LogP contribution is 2.19. The highest BCUT2D eigenvalue weighted by molar-refractivity contribution is 6.06. The van der Waals surface area contributed by atoms with E-state index in [1.165, 1.54) is 17.4 Å². The molecule has 2 aromatic carbocycles. The lowest BCUT2D eigenvalue weighted by Gasteiger charge is -2.34. The fraction of sp³-hybridized carbons (Fsp3) is 0.292. The van der Waals surface area contributed by atoms with Crippen LogP contribution in [0.2, 0.25) is 0 Å². The van der Waals surface area contributed by atoms with E-state index < -0.39 is 0 Å². The van der Waals surface area contributed by atoms with Gasteiger partial charge in [-0.1, -0.05) is 30.3 Å². The van der Waals surface area contributed by atoms with Crippen LogP contribution in [0.5, 0.6) is 5.88 Å². The number of nitrogens with zero attached hydrogens (tertiary/aromatic N) is 4. The first kappa shape index (κ1) is 21.6. The Morgan fingerprint density at radius 1 is 1.00 bits per heavy atom. The number of anilines is 1. The third-order valence-corrected chi connectivity index (χ3v) is 5.53. The summed E-state index contributed by atoms with van der Waals surface area (Å²) >= 11 is 0. The Morgan fingerprint density at radius 2 is 1.69 bits per heavy atom. The van der Waals surface area contributed by atoms with E-state index in [-0.39, 0.29) is 17.7 Å². The number of piperazine rings is 1. The van der Waals surface area contributed by atoms with Gasteiger partial charge in [0, 0.05) is 57.2 Å². The van der Waals surface area contributed by atoms with Crippen molar-refractivity contribution in [3.63, 3.8) is 0 Å². The molecule has 1 aliphatic rings. The van der Waals surface area contributed by atoms with Crippen LogP contribution in [-0.2, 0) is 13.6 Å². The molecule has 1 aromatic heterocycles. The number of ether oxygens (including phenoxy) is 1. The number of benzene rings is 2. The number of nitrogens with one attached hydrogen (secondary N) is 1. The quantitative estimate of drug-likeness (QED) is 0.647. The average Bonchev–Trinajstić information content (AvgIpc) is 3.21. The van der Waals surface area contributed by atoms with Crippen molar-refractivity contribution in [1.29, 1.82) is 0 Å². The van der Waals surface area contributed by atoms with Crippen molar-refractivity contribution in [2.24, 2.45) is 7.05 Å². The Kier molecular flexibility index (Phi) is 6.51. The van der Waals surface area contributed by atoms with E-state index in [0.29, 0.717) is 29.9 Å². The molecule has 2 amide bonds. The van der Waals surface area contributed by atoms with E-state index in [2.05, 4.69) is 39.6 Å². The van der Waals surface area contributed by atoms with Crippen molar-refractivity contribution < 1.29 is 14.3 Å². The molecule has 4 rings (SSSR count). The molecule has 0 atom stereocenters. The monoisotopic (exact) mass is 433 g/mol. The summed E-state index contributed by atoms with van der Waals surface area (Å²) < 4.78 is 6.66. The van der Waals surface area contributed by atoms with Gasteiger partial charge in [-0.15, -0.1) is 5.10 Å². The number of amides is 2. The molecule has 1 saturated heterocycles. The Labute approximate surface area is 187 Å². The number of carbonyl (C=O) groups is 2. The molecule has 0 bridgehead atoms. The van der Waals surface area contributed by atoms with E-state index in [4.69, 9.17) is 4.74 Å². The van der Waals surface area contributed by atoms with Crippen molar-refractivity contribution in [3.8, 4) is 5.88 Å². The lowest BCUT2D eigenvalue weighted by atomic mass is 10.1. The smallest absolute Gasteiger partial charge is 0.262 e. The standard InChI is InChI=1S/C24H27N5O3/c1-27-17-21(23(26-27)32-2)22(30)25-20-10-8-19(9-11-20)24(31)29-14-12-28(13-15-29)16-18-6-4-3-5-7-18/h3-11,17H,12-16H2,1-2H3,(H,25,30). The predicted octanol–water partition coefficient (Wildman–Crippen LogP) is 2.64. The highest BCUT2D eigenvalue weighted by Gasteiger charge is 2.22. The largest absolute Gasteiger partial charge is 0.479 e. The molecule has 1 fully saturated rings. The van der Waals surface area contributed by atoms with Gasteiger partial charge in [-0.05, 0) is 29.8 Å². The molecule has 0 spiro atoms. The van der Waals surface area contributed by atoms with E-state index >= 15 is 0 Å². The molecule has 1 aliphatic heterocycles. The van der Waals surface area contributed by atoms with Crippen LogP contribution in [0.1, 0.15) is 26.3 Å². The molecule has 2 heterocycles. The first-order valence-electron chi connectivity index (χ1n) is 10.6. The lowest BCUT2D eigenvalue weighted by Crippen LogP contribution is -2.48. The van der Waals surface area contributed by atoms with Crippen LogP contribution < -0.4 is 10.1 Å². The highest BCUT2D eigenvalue weighted by atomic mass is 16.5. The van der Waals surface area contributed by atoms with Crippen LogP contribution in [0, 0.1) is 0 Å². The third kappa shape index (κ3) is 4.97. The van der Waals surface area contributed by atoms with Gasteiger partial charge >= 0.3 is 0 Å². The van der Waals surface area contributed by atoms with Gasteiger partial charge < -0.3 is 15.0 Å². The topological polar surface area (TPSA) is 79.7 Å². The van der Waals surface area contributed by atoms with Crippen LogP contribution in [0.25, 0.3) is 0 Å². The van der Waals surface area contributed by atoms with Crippen molar-refractivity contribution in [3.05, 3.63) is 77.5 Å². The zero-order valence-corrected chi connectivity index (χ0v) is 18.3. The first-order valence-corrected chi connectivity index (χ1v) is 10.6. The maximum atomic E-state index is 12.9. The summed E-state index contributed by atoms with van der Waals surface area (Å²) in [5, 5.41) is 6.91. The fourth-order valence-electron chi connectivity index (χ4n) is 3.80. The van der Waals surface area contributed by atoms with Crippen LogP contribution in [-0.4, -0.2) is 64.7 Å². The molecule has 0 radical (unpaired) electrons. The number of hydrogen-bond donors (Lipinski definition) is 1. The van der Waals surface area contributed by atoms with Crippen LogP contribution in [0.4, 0.5) is 5.69 Å². The van der Waals surface area contributed by atoms with Gasteiger partial charge in [0.2, 0.25) is 5.88 Å². The number of carbonyl (C=O) groups excluding carboxylic acids is 2. The molecule has 32 heavy (non-hydrogen) atoms.